The molecule has 0 saturated carbocycles. The molecule has 5 nitrogen and oxygen atoms in total. The summed E-state index contributed by atoms with van der Waals surface area (Å²) in [7, 11) is 0. The van der Waals surface area contributed by atoms with E-state index in [4.69, 9.17) is 0 Å². The second kappa shape index (κ2) is 7.53. The Morgan fingerprint density at radius 1 is 1.38 bits per heavy atom. The summed E-state index contributed by atoms with van der Waals surface area (Å²) < 4.78 is 0. The molecule has 3 atom stereocenters. The van der Waals surface area contributed by atoms with Crippen molar-refractivity contribution >= 4 is 6.03 Å². The minimum atomic E-state index is -0.542. The zero-order chi connectivity index (χ0) is 17.1. The highest BCUT2D eigenvalue weighted by Crippen LogP contribution is 2.31. The van der Waals surface area contributed by atoms with Crippen LogP contribution in [0.15, 0.2) is 24.3 Å². The van der Waals surface area contributed by atoms with Gasteiger partial charge in [-0.3, -0.25) is 0 Å². The van der Waals surface area contributed by atoms with E-state index in [0.717, 1.165) is 24.2 Å². The molecule has 1 aliphatic carbocycles. The van der Waals surface area contributed by atoms with Crippen molar-refractivity contribution in [3.05, 3.63) is 35.4 Å². The largest absolute Gasteiger partial charge is 0.390 e. The van der Waals surface area contributed by atoms with Crippen LogP contribution in [0, 0.1) is 5.92 Å². The first-order chi connectivity index (χ1) is 11.5. The molecule has 24 heavy (non-hydrogen) atoms. The molecule has 0 spiro atoms. The fourth-order valence-corrected chi connectivity index (χ4v) is 3.91. The van der Waals surface area contributed by atoms with Crippen molar-refractivity contribution in [2.75, 3.05) is 19.6 Å². The quantitative estimate of drug-likeness (QED) is 0.791. The number of hydrogen-bond donors (Lipinski definition) is 3. The van der Waals surface area contributed by atoms with Crippen LogP contribution in [0.5, 0.6) is 0 Å². The van der Waals surface area contributed by atoms with Gasteiger partial charge in [0.05, 0.1) is 12.1 Å². The second-order valence-electron chi connectivity index (χ2n) is 7.40. The molecule has 1 aromatic carbocycles. The number of fused-ring (bicyclic) bond motifs is 1. The van der Waals surface area contributed by atoms with Gasteiger partial charge in [-0.2, -0.15) is 0 Å². The summed E-state index contributed by atoms with van der Waals surface area (Å²) in [5.41, 5.74) is 2.15. The molecule has 132 valence electrons. The third-order valence-corrected chi connectivity index (χ3v) is 5.32. The number of amides is 2. The van der Waals surface area contributed by atoms with Crippen LogP contribution in [0.25, 0.3) is 0 Å². The van der Waals surface area contributed by atoms with Crippen molar-refractivity contribution in [1.29, 1.82) is 0 Å². The first kappa shape index (κ1) is 17.2. The first-order valence-corrected chi connectivity index (χ1v) is 9.09. The number of likely N-dealkylation sites (tertiary alicyclic amines) is 1. The predicted molar refractivity (Wildman–Crippen MR) is 94.9 cm³/mol. The van der Waals surface area contributed by atoms with Crippen LogP contribution in [-0.4, -0.2) is 47.8 Å². The lowest BCUT2D eigenvalue weighted by Gasteiger charge is -2.35. The van der Waals surface area contributed by atoms with Crippen molar-refractivity contribution < 1.29 is 9.90 Å². The maximum absolute atomic E-state index is 12.3. The van der Waals surface area contributed by atoms with E-state index < -0.39 is 6.10 Å². The molecule has 2 amide bonds. The summed E-state index contributed by atoms with van der Waals surface area (Å²) in [6.45, 7) is 7.35. The Hall–Kier alpha value is -1.59. The van der Waals surface area contributed by atoms with Crippen LogP contribution in [0.3, 0.4) is 0 Å². The first-order valence-electron chi connectivity index (χ1n) is 9.09. The smallest absolute Gasteiger partial charge is 0.315 e. The Bertz CT molecular complexity index is 575. The number of nitrogens with one attached hydrogen (secondary N) is 2. The van der Waals surface area contributed by atoms with Crippen LogP contribution in [0.4, 0.5) is 4.79 Å². The summed E-state index contributed by atoms with van der Waals surface area (Å²) >= 11 is 0. The lowest BCUT2D eigenvalue weighted by atomic mass is 9.97. The van der Waals surface area contributed by atoms with Gasteiger partial charge in [-0.05, 0) is 50.3 Å². The molecule has 5 heteroatoms. The number of carbonyl (C=O) groups excluding carboxylic acids is 1. The van der Waals surface area contributed by atoms with Gasteiger partial charge < -0.3 is 20.6 Å². The van der Waals surface area contributed by atoms with Crippen LogP contribution >= 0.6 is 0 Å². The standard InChI is InChI=1S/C19H29N3O2/c1-13(2)22-9-5-6-14(12-22)11-20-19(24)21-18-16-8-4-3-7-15(16)10-17(18)23/h3-4,7-8,13-14,17-18,23H,5-6,9-12H2,1-2H3,(H2,20,21,24)/t14?,17-,18+/m1/s1. The topological polar surface area (TPSA) is 64.6 Å². The predicted octanol–water partition coefficient (Wildman–Crippen LogP) is 2.06. The molecule has 1 heterocycles. The van der Waals surface area contributed by atoms with Gasteiger partial charge in [0.25, 0.3) is 0 Å². The number of hydrogen-bond acceptors (Lipinski definition) is 3. The molecule has 0 radical (unpaired) electrons. The normalized spacial score (nSPS) is 27.1. The number of rotatable bonds is 4. The molecule has 1 aromatic rings. The highest BCUT2D eigenvalue weighted by molar-refractivity contribution is 5.74. The molecule has 1 saturated heterocycles. The average molecular weight is 331 g/mol. The van der Waals surface area contributed by atoms with Crippen molar-refractivity contribution in [1.82, 2.24) is 15.5 Å². The number of nitrogens with zero attached hydrogens (tertiary/aromatic N) is 1. The monoisotopic (exact) mass is 331 g/mol. The number of aliphatic hydroxyl groups is 1. The third-order valence-electron chi connectivity index (χ3n) is 5.32. The van der Waals surface area contributed by atoms with Gasteiger partial charge in [0.2, 0.25) is 0 Å². The Labute approximate surface area is 144 Å². The number of aliphatic hydroxyl groups excluding tert-OH is 1. The minimum Gasteiger partial charge on any atom is -0.390 e. The van der Waals surface area contributed by atoms with Gasteiger partial charge in [0, 0.05) is 25.6 Å². The Balaban J connectivity index is 1.50. The van der Waals surface area contributed by atoms with Gasteiger partial charge in [0.15, 0.2) is 0 Å². The molecule has 0 bridgehead atoms. The zero-order valence-corrected chi connectivity index (χ0v) is 14.7. The molecular weight excluding hydrogens is 302 g/mol. The van der Waals surface area contributed by atoms with Crippen molar-refractivity contribution in [2.24, 2.45) is 5.92 Å². The molecule has 3 N–H and O–H groups in total. The fraction of sp³-hybridized carbons (Fsp3) is 0.632. The molecule has 0 aromatic heterocycles. The number of carbonyl (C=O) groups is 1. The minimum absolute atomic E-state index is 0.183. The van der Waals surface area contributed by atoms with Gasteiger partial charge in [0.1, 0.15) is 0 Å². The molecule has 1 aliphatic heterocycles. The number of urea groups is 1. The van der Waals surface area contributed by atoms with Crippen LogP contribution in [0.1, 0.15) is 43.9 Å². The molecular formula is C19H29N3O2. The van der Waals surface area contributed by atoms with Gasteiger partial charge in [-0.25, -0.2) is 4.79 Å². The van der Waals surface area contributed by atoms with Gasteiger partial charge in [-0.1, -0.05) is 24.3 Å². The summed E-state index contributed by atoms with van der Waals surface area (Å²) in [6, 6.07) is 7.99. The Morgan fingerprint density at radius 2 is 2.17 bits per heavy atom. The molecule has 1 fully saturated rings. The van der Waals surface area contributed by atoms with Gasteiger partial charge in [-0.15, -0.1) is 0 Å². The van der Waals surface area contributed by atoms with E-state index in [9.17, 15) is 9.90 Å². The van der Waals surface area contributed by atoms with E-state index >= 15 is 0 Å². The second-order valence-corrected chi connectivity index (χ2v) is 7.40. The number of piperidine rings is 1. The third kappa shape index (κ3) is 3.90. The Kier molecular flexibility index (Phi) is 5.41. The van der Waals surface area contributed by atoms with E-state index in [1.165, 1.54) is 12.8 Å². The summed E-state index contributed by atoms with van der Waals surface area (Å²) in [6.07, 6.45) is 2.42. The maximum atomic E-state index is 12.3. The zero-order valence-electron chi connectivity index (χ0n) is 14.7. The van der Waals surface area contributed by atoms with E-state index in [2.05, 4.69) is 29.4 Å². The van der Waals surface area contributed by atoms with E-state index in [1.54, 1.807) is 0 Å². The summed E-state index contributed by atoms with van der Waals surface area (Å²) in [4.78, 5) is 14.7. The maximum Gasteiger partial charge on any atom is 0.315 e. The van der Waals surface area contributed by atoms with Crippen molar-refractivity contribution in [3.63, 3.8) is 0 Å². The lowest BCUT2D eigenvalue weighted by Crippen LogP contribution is -2.46. The lowest BCUT2D eigenvalue weighted by molar-refractivity contribution is 0.134. The van der Waals surface area contributed by atoms with Crippen molar-refractivity contribution in [2.45, 2.75) is 51.3 Å². The van der Waals surface area contributed by atoms with E-state index in [1.807, 2.05) is 24.3 Å². The van der Waals surface area contributed by atoms with E-state index in [0.29, 0.717) is 24.9 Å². The van der Waals surface area contributed by atoms with Crippen LogP contribution in [0.2, 0.25) is 0 Å². The Morgan fingerprint density at radius 3 is 2.96 bits per heavy atom. The highest BCUT2D eigenvalue weighted by Gasteiger charge is 2.32. The van der Waals surface area contributed by atoms with E-state index in [-0.39, 0.29) is 12.1 Å². The highest BCUT2D eigenvalue weighted by atomic mass is 16.3. The number of benzene rings is 1. The molecule has 3 rings (SSSR count). The summed E-state index contributed by atoms with van der Waals surface area (Å²) in [5.74, 6) is 0.507. The molecule has 1 unspecified atom stereocenters. The van der Waals surface area contributed by atoms with Gasteiger partial charge >= 0.3 is 6.03 Å². The van der Waals surface area contributed by atoms with Crippen LogP contribution in [-0.2, 0) is 6.42 Å². The molecule has 2 aliphatic rings. The fourth-order valence-electron chi connectivity index (χ4n) is 3.91. The SMILES string of the molecule is CC(C)N1CCCC(CNC(=O)N[C@H]2c3ccccc3C[C@H]2O)C1. The van der Waals surface area contributed by atoms with Crippen LogP contribution < -0.4 is 10.6 Å². The summed E-state index contributed by atoms with van der Waals surface area (Å²) in [5, 5.41) is 16.2. The van der Waals surface area contributed by atoms with Crippen molar-refractivity contribution in [3.8, 4) is 0 Å². The average Bonchev–Trinajstić information content (AvgIpc) is 2.89.